The summed E-state index contributed by atoms with van der Waals surface area (Å²) < 4.78 is 21.3. The van der Waals surface area contributed by atoms with Crippen molar-refractivity contribution < 1.29 is 18.7 Å². The van der Waals surface area contributed by atoms with Gasteiger partial charge in [-0.3, -0.25) is 0 Å². The van der Waals surface area contributed by atoms with Crippen molar-refractivity contribution in [1.82, 2.24) is 10.1 Å². The predicted molar refractivity (Wildman–Crippen MR) is 104 cm³/mol. The summed E-state index contributed by atoms with van der Waals surface area (Å²) in [6.07, 6.45) is 1.60. The Morgan fingerprint density at radius 2 is 1.64 bits per heavy atom. The van der Waals surface area contributed by atoms with Crippen LogP contribution < -0.4 is 14.2 Å². The molecule has 0 saturated carbocycles. The van der Waals surface area contributed by atoms with E-state index < -0.39 is 0 Å². The number of aromatic nitrogens is 2. The number of benzene rings is 2. The second-order valence-corrected chi connectivity index (χ2v) is 5.91. The topological polar surface area (TPSA) is 90.4 Å². The lowest BCUT2D eigenvalue weighted by Gasteiger charge is -2.12. The van der Waals surface area contributed by atoms with Gasteiger partial charge in [0.05, 0.1) is 21.3 Å². The Morgan fingerprint density at radius 3 is 2.25 bits per heavy atom. The van der Waals surface area contributed by atoms with Gasteiger partial charge in [0.2, 0.25) is 5.82 Å². The molecule has 3 aromatic rings. The molecule has 0 atom stereocenters. The highest BCUT2D eigenvalue weighted by atomic mass is 16.5. The molecule has 0 unspecified atom stereocenters. The number of aryl methyl sites for hydroxylation is 1. The fourth-order valence-electron chi connectivity index (χ4n) is 2.62. The van der Waals surface area contributed by atoms with Crippen molar-refractivity contribution in [3.05, 3.63) is 53.4 Å². The highest BCUT2D eigenvalue weighted by Crippen LogP contribution is 2.36. The average molecular weight is 377 g/mol. The molecule has 0 N–H and O–H groups in total. The summed E-state index contributed by atoms with van der Waals surface area (Å²) in [5, 5.41) is 13.6. The van der Waals surface area contributed by atoms with E-state index in [0.29, 0.717) is 28.6 Å². The third-order valence-corrected chi connectivity index (χ3v) is 4.12. The Kier molecular flexibility index (Phi) is 5.61. The molecule has 7 nitrogen and oxygen atoms in total. The minimum Gasteiger partial charge on any atom is -0.496 e. The number of hydrogen-bond acceptors (Lipinski definition) is 7. The molecule has 7 heteroatoms. The Morgan fingerprint density at radius 1 is 1.00 bits per heavy atom. The van der Waals surface area contributed by atoms with E-state index in [0.717, 1.165) is 11.1 Å². The fraction of sp³-hybridized carbons (Fsp3) is 0.190. The van der Waals surface area contributed by atoms with E-state index in [1.165, 1.54) is 14.2 Å². The number of hydrogen-bond donors (Lipinski definition) is 0. The van der Waals surface area contributed by atoms with Crippen LogP contribution in [0.2, 0.25) is 0 Å². The molecule has 0 bridgehead atoms. The van der Waals surface area contributed by atoms with Crippen LogP contribution in [-0.2, 0) is 0 Å². The molecule has 0 spiro atoms. The van der Waals surface area contributed by atoms with Crippen molar-refractivity contribution in [1.29, 1.82) is 5.26 Å². The largest absolute Gasteiger partial charge is 0.496 e. The molecule has 0 radical (unpaired) electrons. The maximum Gasteiger partial charge on any atom is 0.268 e. The lowest BCUT2D eigenvalue weighted by atomic mass is 10.1. The van der Waals surface area contributed by atoms with E-state index in [9.17, 15) is 5.26 Å². The Bertz CT molecular complexity index is 1050. The number of ether oxygens (including phenoxy) is 3. The zero-order valence-electron chi connectivity index (χ0n) is 16.0. The second kappa shape index (κ2) is 8.27. The van der Waals surface area contributed by atoms with E-state index in [2.05, 4.69) is 16.2 Å². The molecule has 0 aliphatic rings. The van der Waals surface area contributed by atoms with Crippen LogP contribution in [0.4, 0.5) is 0 Å². The smallest absolute Gasteiger partial charge is 0.268 e. The van der Waals surface area contributed by atoms with Gasteiger partial charge in [0, 0.05) is 17.2 Å². The second-order valence-electron chi connectivity index (χ2n) is 5.91. The molecular formula is C21H19N3O4. The van der Waals surface area contributed by atoms with E-state index >= 15 is 0 Å². The van der Waals surface area contributed by atoms with E-state index in [1.54, 1.807) is 25.3 Å². The SMILES string of the molecule is COc1cc(OC)c(OC)cc1C=C(C#N)c1nc(-c2ccc(C)cc2)no1. The zero-order valence-corrected chi connectivity index (χ0v) is 16.0. The van der Waals surface area contributed by atoms with Gasteiger partial charge in [-0.2, -0.15) is 10.2 Å². The van der Waals surface area contributed by atoms with Gasteiger partial charge in [-0.15, -0.1) is 0 Å². The predicted octanol–water partition coefficient (Wildman–Crippen LogP) is 4.14. The van der Waals surface area contributed by atoms with Crippen molar-refractivity contribution in [2.24, 2.45) is 0 Å². The number of nitrogens with zero attached hydrogens (tertiary/aromatic N) is 3. The number of nitriles is 1. The molecule has 0 saturated heterocycles. The van der Waals surface area contributed by atoms with Crippen molar-refractivity contribution in [2.75, 3.05) is 21.3 Å². The van der Waals surface area contributed by atoms with Gasteiger partial charge in [-0.1, -0.05) is 35.0 Å². The minimum absolute atomic E-state index is 0.120. The van der Waals surface area contributed by atoms with Gasteiger partial charge in [0.1, 0.15) is 17.4 Å². The molecule has 0 aliphatic carbocycles. The van der Waals surface area contributed by atoms with Crippen LogP contribution in [0.3, 0.4) is 0 Å². The average Bonchev–Trinajstić information content (AvgIpc) is 3.21. The van der Waals surface area contributed by atoms with Gasteiger partial charge in [0.15, 0.2) is 11.5 Å². The lowest BCUT2D eigenvalue weighted by molar-refractivity contribution is 0.348. The molecule has 142 valence electrons. The van der Waals surface area contributed by atoms with E-state index in [4.69, 9.17) is 18.7 Å². The van der Waals surface area contributed by atoms with Crippen molar-refractivity contribution in [3.8, 4) is 34.7 Å². The van der Waals surface area contributed by atoms with E-state index in [-0.39, 0.29) is 11.5 Å². The van der Waals surface area contributed by atoms with Gasteiger partial charge in [-0.25, -0.2) is 0 Å². The van der Waals surface area contributed by atoms with Gasteiger partial charge in [0.25, 0.3) is 5.89 Å². The molecule has 0 amide bonds. The summed E-state index contributed by atoms with van der Waals surface area (Å²) in [6, 6.07) is 13.2. The van der Waals surface area contributed by atoms with Crippen molar-refractivity contribution in [2.45, 2.75) is 6.92 Å². The first-order chi connectivity index (χ1) is 13.6. The summed E-state index contributed by atoms with van der Waals surface area (Å²) >= 11 is 0. The molecule has 1 heterocycles. The van der Waals surface area contributed by atoms with Crippen LogP contribution in [0.1, 0.15) is 17.0 Å². The summed E-state index contributed by atoms with van der Waals surface area (Å²) in [4.78, 5) is 4.34. The molecule has 0 fully saturated rings. The van der Waals surface area contributed by atoms with Crippen LogP contribution in [-0.4, -0.2) is 31.5 Å². The van der Waals surface area contributed by atoms with E-state index in [1.807, 2.05) is 31.2 Å². The molecule has 2 aromatic carbocycles. The first-order valence-electron chi connectivity index (χ1n) is 8.42. The van der Waals surface area contributed by atoms with Gasteiger partial charge < -0.3 is 18.7 Å². The minimum atomic E-state index is 0.120. The van der Waals surface area contributed by atoms with Crippen molar-refractivity contribution in [3.63, 3.8) is 0 Å². The first kappa shape index (κ1) is 19.0. The quantitative estimate of drug-likeness (QED) is 0.596. The van der Waals surface area contributed by atoms with Gasteiger partial charge >= 0.3 is 0 Å². The summed E-state index contributed by atoms with van der Waals surface area (Å²) in [5.41, 5.74) is 2.76. The van der Waals surface area contributed by atoms with Crippen LogP contribution in [0.15, 0.2) is 40.9 Å². The number of allylic oxidation sites excluding steroid dienone is 1. The molecular weight excluding hydrogens is 358 g/mol. The normalized spacial score (nSPS) is 11.0. The number of methoxy groups -OCH3 is 3. The van der Waals surface area contributed by atoms with Gasteiger partial charge in [-0.05, 0) is 19.1 Å². The van der Waals surface area contributed by atoms with Crippen molar-refractivity contribution >= 4 is 11.6 Å². The number of rotatable bonds is 6. The van der Waals surface area contributed by atoms with Crippen LogP contribution >= 0.6 is 0 Å². The lowest BCUT2D eigenvalue weighted by Crippen LogP contribution is -1.95. The third-order valence-electron chi connectivity index (χ3n) is 4.12. The Balaban J connectivity index is 2.01. The molecule has 1 aromatic heterocycles. The summed E-state index contributed by atoms with van der Waals surface area (Å²) in [5.74, 6) is 2.08. The Labute approximate surface area is 162 Å². The summed E-state index contributed by atoms with van der Waals surface area (Å²) in [6.45, 7) is 2.00. The monoisotopic (exact) mass is 377 g/mol. The summed E-state index contributed by atoms with van der Waals surface area (Å²) in [7, 11) is 4.61. The Hall–Kier alpha value is -3.79. The zero-order chi connectivity index (χ0) is 20.1. The molecule has 3 rings (SSSR count). The van der Waals surface area contributed by atoms with Crippen LogP contribution in [0, 0.1) is 18.3 Å². The van der Waals surface area contributed by atoms with Crippen LogP contribution in [0.5, 0.6) is 17.2 Å². The standard InChI is InChI=1S/C21H19N3O4/c1-13-5-7-14(8-6-13)20-23-21(28-24-20)16(12-22)9-15-10-18(26-3)19(27-4)11-17(15)25-2/h5-11H,1-4H3. The molecule has 0 aliphatic heterocycles. The first-order valence-corrected chi connectivity index (χ1v) is 8.42. The fourth-order valence-corrected chi connectivity index (χ4v) is 2.62. The third kappa shape index (κ3) is 3.81. The molecule has 28 heavy (non-hydrogen) atoms. The van der Waals surface area contributed by atoms with Crippen LogP contribution in [0.25, 0.3) is 23.0 Å². The highest BCUT2D eigenvalue weighted by Gasteiger charge is 2.16. The maximum absolute atomic E-state index is 9.61. The maximum atomic E-state index is 9.61. The highest BCUT2D eigenvalue weighted by molar-refractivity contribution is 5.88.